The number of ether oxygens (including phenoxy) is 1. The molecule has 0 aromatic rings. The zero-order valence-electron chi connectivity index (χ0n) is 11.0. The summed E-state index contributed by atoms with van der Waals surface area (Å²) < 4.78 is 5.01. The molecule has 0 atom stereocenters. The molecule has 0 aromatic heterocycles. The molecule has 0 aromatic carbocycles. The summed E-state index contributed by atoms with van der Waals surface area (Å²) in [5.41, 5.74) is 0. The molecule has 1 heterocycles. The Hall–Kier alpha value is -0.700. The third-order valence-corrected chi connectivity index (χ3v) is 2.89. The maximum Gasteiger partial charge on any atom is 0.0895 e. The fourth-order valence-corrected chi connectivity index (χ4v) is 1.92. The van der Waals surface area contributed by atoms with Crippen molar-refractivity contribution in [3.8, 4) is 0 Å². The van der Waals surface area contributed by atoms with Crippen molar-refractivity contribution >= 4 is 6.01 Å². The quantitative estimate of drug-likeness (QED) is 0.750. The van der Waals surface area contributed by atoms with Crippen LogP contribution < -0.4 is 5.32 Å². The molecule has 0 amide bonds. The van der Waals surface area contributed by atoms with Gasteiger partial charge >= 0.3 is 0 Å². The molecule has 17 heavy (non-hydrogen) atoms. The summed E-state index contributed by atoms with van der Waals surface area (Å²) in [6.07, 6.45) is 6.54. The van der Waals surface area contributed by atoms with Gasteiger partial charge in [0.1, 0.15) is 0 Å². The predicted octanol–water partition coefficient (Wildman–Crippen LogP) is 2.12. The highest BCUT2D eigenvalue weighted by Crippen LogP contribution is 2.19. The molecular formula is C13H25N3O. The SMILES string of the molecule is C1COCCN1.CCN=C=NC1CCCCC1. The molecule has 2 rings (SSSR count). The van der Waals surface area contributed by atoms with Crippen LogP contribution in [-0.4, -0.2) is 44.9 Å². The molecule has 4 heteroatoms. The highest BCUT2D eigenvalue weighted by molar-refractivity contribution is 5.41. The maximum atomic E-state index is 5.01. The average molecular weight is 239 g/mol. The Bertz CT molecular complexity index is 215. The molecular weight excluding hydrogens is 214 g/mol. The number of nitrogens with one attached hydrogen (secondary N) is 1. The van der Waals surface area contributed by atoms with Gasteiger partial charge in [-0.2, -0.15) is 0 Å². The van der Waals surface area contributed by atoms with Gasteiger partial charge in [-0.3, -0.25) is 0 Å². The Labute approximate surface area is 105 Å². The van der Waals surface area contributed by atoms with Crippen molar-refractivity contribution in [2.24, 2.45) is 9.98 Å². The summed E-state index contributed by atoms with van der Waals surface area (Å²) in [4.78, 5) is 8.21. The van der Waals surface area contributed by atoms with Gasteiger partial charge in [0.15, 0.2) is 0 Å². The second-order valence-electron chi connectivity index (χ2n) is 4.36. The van der Waals surface area contributed by atoms with Gasteiger partial charge in [-0.1, -0.05) is 19.3 Å². The molecule has 4 nitrogen and oxygen atoms in total. The van der Waals surface area contributed by atoms with Crippen LogP contribution in [-0.2, 0) is 4.74 Å². The standard InChI is InChI=1S/C9H16N2.C4H9NO/c1-2-10-8-11-9-6-4-3-5-7-9;1-3-6-4-2-5-1/h9H,2-7H2,1H3;5H,1-4H2. The smallest absolute Gasteiger partial charge is 0.0895 e. The summed E-state index contributed by atoms with van der Waals surface area (Å²) in [6, 6.07) is 3.28. The van der Waals surface area contributed by atoms with E-state index in [0.29, 0.717) is 6.04 Å². The minimum absolute atomic E-state index is 0.527. The van der Waals surface area contributed by atoms with Crippen LogP contribution in [0.15, 0.2) is 9.98 Å². The lowest BCUT2D eigenvalue weighted by Crippen LogP contribution is -2.30. The molecule has 1 N–H and O–H groups in total. The van der Waals surface area contributed by atoms with Gasteiger partial charge in [-0.15, -0.1) is 0 Å². The first-order valence-electron chi connectivity index (χ1n) is 6.83. The first kappa shape index (κ1) is 14.4. The van der Waals surface area contributed by atoms with Gasteiger partial charge in [0.2, 0.25) is 0 Å². The minimum Gasteiger partial charge on any atom is -0.379 e. The lowest BCUT2D eigenvalue weighted by Gasteiger charge is -2.15. The molecule has 0 bridgehead atoms. The van der Waals surface area contributed by atoms with Crippen molar-refractivity contribution in [1.29, 1.82) is 0 Å². The molecule has 1 saturated heterocycles. The summed E-state index contributed by atoms with van der Waals surface area (Å²) in [7, 11) is 0. The van der Waals surface area contributed by atoms with E-state index in [-0.39, 0.29) is 0 Å². The number of morpholine rings is 1. The number of aliphatic imine (C=N–C) groups is 2. The number of hydrogen-bond donors (Lipinski definition) is 1. The van der Waals surface area contributed by atoms with Gasteiger partial charge in [0, 0.05) is 19.6 Å². The Morgan fingerprint density at radius 2 is 1.88 bits per heavy atom. The van der Waals surface area contributed by atoms with Crippen molar-refractivity contribution < 1.29 is 4.74 Å². The second-order valence-corrected chi connectivity index (χ2v) is 4.36. The van der Waals surface area contributed by atoms with Gasteiger partial charge < -0.3 is 10.1 Å². The Morgan fingerprint density at radius 1 is 1.18 bits per heavy atom. The topological polar surface area (TPSA) is 46.0 Å². The fourth-order valence-electron chi connectivity index (χ4n) is 1.92. The molecule has 0 radical (unpaired) electrons. The van der Waals surface area contributed by atoms with Crippen LogP contribution in [0.2, 0.25) is 0 Å². The minimum atomic E-state index is 0.527. The van der Waals surface area contributed by atoms with E-state index in [9.17, 15) is 0 Å². The molecule has 1 aliphatic heterocycles. The van der Waals surface area contributed by atoms with Gasteiger partial charge in [0.25, 0.3) is 0 Å². The molecule has 1 aliphatic carbocycles. The Morgan fingerprint density at radius 3 is 2.35 bits per heavy atom. The van der Waals surface area contributed by atoms with E-state index in [4.69, 9.17) is 4.74 Å². The van der Waals surface area contributed by atoms with Crippen LogP contribution in [0.1, 0.15) is 39.0 Å². The zero-order chi connectivity index (χ0) is 12.2. The van der Waals surface area contributed by atoms with E-state index in [2.05, 4.69) is 21.3 Å². The molecule has 0 unspecified atom stereocenters. The Kier molecular flexibility index (Phi) is 8.83. The summed E-state index contributed by atoms with van der Waals surface area (Å²) in [5, 5.41) is 3.16. The molecule has 0 spiro atoms. The predicted molar refractivity (Wildman–Crippen MR) is 71.0 cm³/mol. The summed E-state index contributed by atoms with van der Waals surface area (Å²) >= 11 is 0. The molecule has 1 saturated carbocycles. The first-order chi connectivity index (χ1) is 8.43. The normalized spacial score (nSPS) is 20.8. The van der Waals surface area contributed by atoms with E-state index in [1.165, 1.54) is 32.1 Å². The first-order valence-corrected chi connectivity index (χ1v) is 6.83. The van der Waals surface area contributed by atoms with Crippen LogP contribution in [0.3, 0.4) is 0 Å². The van der Waals surface area contributed by atoms with Gasteiger partial charge in [0.05, 0.1) is 25.3 Å². The van der Waals surface area contributed by atoms with Crippen LogP contribution in [0.4, 0.5) is 0 Å². The monoisotopic (exact) mass is 239 g/mol. The Balaban J connectivity index is 0.000000202. The van der Waals surface area contributed by atoms with Crippen LogP contribution >= 0.6 is 0 Å². The van der Waals surface area contributed by atoms with Crippen molar-refractivity contribution in [2.75, 3.05) is 32.8 Å². The van der Waals surface area contributed by atoms with Crippen LogP contribution in [0, 0.1) is 0 Å². The summed E-state index contributed by atoms with van der Waals surface area (Å²) in [6.45, 7) is 6.64. The van der Waals surface area contributed by atoms with Crippen LogP contribution in [0.5, 0.6) is 0 Å². The van der Waals surface area contributed by atoms with Crippen molar-refractivity contribution in [3.05, 3.63) is 0 Å². The molecule has 98 valence electrons. The number of nitrogens with zero attached hydrogens (tertiary/aromatic N) is 2. The van der Waals surface area contributed by atoms with E-state index >= 15 is 0 Å². The van der Waals surface area contributed by atoms with E-state index in [1.807, 2.05) is 6.92 Å². The van der Waals surface area contributed by atoms with Crippen LogP contribution in [0.25, 0.3) is 0 Å². The van der Waals surface area contributed by atoms with Crippen molar-refractivity contribution in [3.63, 3.8) is 0 Å². The molecule has 2 fully saturated rings. The highest BCUT2D eigenvalue weighted by atomic mass is 16.5. The lowest BCUT2D eigenvalue weighted by atomic mass is 9.96. The third-order valence-electron chi connectivity index (χ3n) is 2.89. The highest BCUT2D eigenvalue weighted by Gasteiger charge is 2.10. The largest absolute Gasteiger partial charge is 0.379 e. The lowest BCUT2D eigenvalue weighted by molar-refractivity contribution is 0.109. The van der Waals surface area contributed by atoms with E-state index < -0.39 is 0 Å². The summed E-state index contributed by atoms with van der Waals surface area (Å²) in [5.74, 6) is 0. The third kappa shape index (κ3) is 8.08. The van der Waals surface area contributed by atoms with Gasteiger partial charge in [-0.25, -0.2) is 9.98 Å². The second kappa shape index (κ2) is 10.5. The number of hydrogen-bond acceptors (Lipinski definition) is 4. The fraction of sp³-hybridized carbons (Fsp3) is 0.923. The average Bonchev–Trinajstić information content (AvgIpc) is 2.43. The molecule has 2 aliphatic rings. The maximum absolute atomic E-state index is 5.01. The number of rotatable bonds is 2. The van der Waals surface area contributed by atoms with Crippen molar-refractivity contribution in [1.82, 2.24) is 5.32 Å². The van der Waals surface area contributed by atoms with E-state index in [1.54, 1.807) is 0 Å². The van der Waals surface area contributed by atoms with E-state index in [0.717, 1.165) is 32.8 Å². The van der Waals surface area contributed by atoms with Crippen molar-refractivity contribution in [2.45, 2.75) is 45.1 Å². The van der Waals surface area contributed by atoms with Gasteiger partial charge in [-0.05, 0) is 19.8 Å². The zero-order valence-corrected chi connectivity index (χ0v) is 11.0.